The number of rotatable bonds is 33. The van der Waals surface area contributed by atoms with E-state index in [0.29, 0.717) is 19.3 Å². The van der Waals surface area contributed by atoms with Gasteiger partial charge in [-0.15, -0.1) is 0 Å². The molecule has 52 heavy (non-hydrogen) atoms. The van der Waals surface area contributed by atoms with Gasteiger partial charge < -0.3 is 45.4 Å². The Morgan fingerprint density at radius 3 is 1.79 bits per heavy atom. The van der Waals surface area contributed by atoms with Gasteiger partial charge in [-0.25, -0.2) is 0 Å². The Hall–Kier alpha value is -1.37. The molecule has 0 spiro atoms. The minimum atomic E-state index is -1.61. The van der Waals surface area contributed by atoms with Crippen LogP contribution in [-0.4, -0.2) is 98.7 Å². The Bertz CT molecular complexity index is 914. The second-order valence-electron chi connectivity index (χ2n) is 15.1. The van der Waals surface area contributed by atoms with Gasteiger partial charge in [-0.1, -0.05) is 160 Å². The summed E-state index contributed by atoms with van der Waals surface area (Å²) in [6.45, 7) is 5.71. The normalized spacial score (nSPS) is 22.9. The fourth-order valence-corrected chi connectivity index (χ4v) is 6.65. The molecule has 7 N–H and O–H groups in total. The number of unbranched alkanes of at least 4 members (excludes halogenated alkanes) is 19. The molecule has 0 radical (unpaired) electrons. The summed E-state index contributed by atoms with van der Waals surface area (Å²) in [6.07, 6.45) is 23.4. The Balaban J connectivity index is 2.57. The number of aliphatic hydroxyl groups excluding tert-OH is 6. The molecule has 1 rings (SSSR count). The first-order valence-electron chi connectivity index (χ1n) is 21.1. The van der Waals surface area contributed by atoms with E-state index in [4.69, 9.17) is 9.47 Å². The molecule has 8 unspecified atom stereocenters. The number of nitrogens with one attached hydrogen (secondary N) is 1. The second kappa shape index (κ2) is 31.9. The number of ether oxygens (including phenoxy) is 2. The van der Waals surface area contributed by atoms with Gasteiger partial charge >= 0.3 is 0 Å². The summed E-state index contributed by atoms with van der Waals surface area (Å²) in [5.41, 5.74) is 1.36. The molecule has 0 saturated carbocycles. The molecule has 1 amide bonds. The number of hydrogen-bond acceptors (Lipinski definition) is 9. The lowest BCUT2D eigenvalue weighted by molar-refractivity contribution is -0.302. The van der Waals surface area contributed by atoms with E-state index in [1.165, 1.54) is 108 Å². The van der Waals surface area contributed by atoms with Gasteiger partial charge in [0, 0.05) is 0 Å². The van der Waals surface area contributed by atoms with Crippen LogP contribution in [0.1, 0.15) is 175 Å². The monoisotopic (exact) mass is 742 g/mol. The van der Waals surface area contributed by atoms with Gasteiger partial charge in [0.15, 0.2) is 6.29 Å². The SMILES string of the molecule is CCCCCCCCCCCCCCCC(O)C(=O)NC(COC1OC(CO)C(O)C(O)C1O)C(O)C=CCCC=C(C)CCCCCCCCC. The molecule has 0 aliphatic carbocycles. The zero-order valence-electron chi connectivity index (χ0n) is 33.1. The number of allylic oxidation sites excluding steroid dienone is 3. The summed E-state index contributed by atoms with van der Waals surface area (Å²) < 4.78 is 11.1. The van der Waals surface area contributed by atoms with Crippen LogP contribution < -0.4 is 5.32 Å². The maximum absolute atomic E-state index is 13.0. The van der Waals surface area contributed by atoms with E-state index in [2.05, 4.69) is 32.2 Å². The molecule has 0 bridgehead atoms. The van der Waals surface area contributed by atoms with Crippen molar-refractivity contribution in [1.29, 1.82) is 0 Å². The van der Waals surface area contributed by atoms with Gasteiger partial charge in [-0.05, 0) is 39.0 Å². The van der Waals surface area contributed by atoms with Crippen LogP contribution >= 0.6 is 0 Å². The zero-order valence-corrected chi connectivity index (χ0v) is 33.1. The Kier molecular flexibility index (Phi) is 29.9. The maximum atomic E-state index is 13.0. The first kappa shape index (κ1) is 48.6. The van der Waals surface area contributed by atoms with Gasteiger partial charge in [0.25, 0.3) is 0 Å². The van der Waals surface area contributed by atoms with E-state index in [1.54, 1.807) is 6.08 Å². The molecule has 10 nitrogen and oxygen atoms in total. The quantitative estimate of drug-likeness (QED) is 0.0279. The Morgan fingerprint density at radius 1 is 0.731 bits per heavy atom. The first-order valence-corrected chi connectivity index (χ1v) is 21.1. The molecule has 0 aromatic heterocycles. The van der Waals surface area contributed by atoms with E-state index in [1.807, 2.05) is 6.08 Å². The summed E-state index contributed by atoms with van der Waals surface area (Å²) in [6, 6.07) is -0.994. The zero-order chi connectivity index (χ0) is 38.4. The fourth-order valence-electron chi connectivity index (χ4n) is 6.65. The number of carbonyl (C=O) groups is 1. The molecule has 306 valence electrons. The lowest BCUT2D eigenvalue weighted by Crippen LogP contribution is -2.60. The highest BCUT2D eigenvalue weighted by molar-refractivity contribution is 5.80. The van der Waals surface area contributed by atoms with Gasteiger partial charge in [0.05, 0.1) is 25.4 Å². The minimum absolute atomic E-state index is 0.306. The maximum Gasteiger partial charge on any atom is 0.249 e. The van der Waals surface area contributed by atoms with Crippen molar-refractivity contribution in [2.75, 3.05) is 13.2 Å². The van der Waals surface area contributed by atoms with Crippen LogP contribution in [0.3, 0.4) is 0 Å². The third-order valence-corrected chi connectivity index (χ3v) is 10.2. The molecule has 1 aliphatic heterocycles. The van der Waals surface area contributed by atoms with Gasteiger partial charge in [-0.3, -0.25) is 4.79 Å². The topological polar surface area (TPSA) is 169 Å². The summed E-state index contributed by atoms with van der Waals surface area (Å²) in [7, 11) is 0. The van der Waals surface area contributed by atoms with Crippen molar-refractivity contribution in [3.8, 4) is 0 Å². The average Bonchev–Trinajstić information content (AvgIpc) is 3.14. The highest BCUT2D eigenvalue weighted by atomic mass is 16.7. The van der Waals surface area contributed by atoms with Crippen molar-refractivity contribution < 1.29 is 44.9 Å². The van der Waals surface area contributed by atoms with Crippen LogP contribution in [0.2, 0.25) is 0 Å². The van der Waals surface area contributed by atoms with E-state index in [-0.39, 0.29) is 6.61 Å². The van der Waals surface area contributed by atoms with Crippen LogP contribution in [0.4, 0.5) is 0 Å². The molecular weight excluding hydrogens is 662 g/mol. The van der Waals surface area contributed by atoms with Crippen LogP contribution in [-0.2, 0) is 14.3 Å². The van der Waals surface area contributed by atoms with Crippen LogP contribution in [0.15, 0.2) is 23.8 Å². The van der Waals surface area contributed by atoms with Crippen molar-refractivity contribution in [3.05, 3.63) is 23.8 Å². The molecule has 0 aromatic rings. The second-order valence-corrected chi connectivity index (χ2v) is 15.1. The molecule has 10 heteroatoms. The summed E-state index contributed by atoms with van der Waals surface area (Å²) in [5, 5.41) is 64.5. The van der Waals surface area contributed by atoms with Crippen molar-refractivity contribution in [2.24, 2.45) is 0 Å². The van der Waals surface area contributed by atoms with E-state index < -0.39 is 61.5 Å². The van der Waals surface area contributed by atoms with Crippen molar-refractivity contribution in [2.45, 2.75) is 224 Å². The predicted octanol–water partition coefficient (Wildman–Crippen LogP) is 6.91. The molecule has 1 saturated heterocycles. The van der Waals surface area contributed by atoms with Crippen LogP contribution in [0, 0.1) is 0 Å². The third kappa shape index (κ3) is 22.8. The van der Waals surface area contributed by atoms with Crippen molar-refractivity contribution >= 4 is 5.91 Å². The molecule has 0 aromatic carbocycles. The molecule has 8 atom stereocenters. The number of hydrogen-bond donors (Lipinski definition) is 7. The minimum Gasteiger partial charge on any atom is -0.394 e. The number of aliphatic hydroxyl groups is 6. The van der Waals surface area contributed by atoms with Crippen LogP contribution in [0.25, 0.3) is 0 Å². The van der Waals surface area contributed by atoms with Gasteiger partial charge in [-0.2, -0.15) is 0 Å². The van der Waals surface area contributed by atoms with Crippen LogP contribution in [0.5, 0.6) is 0 Å². The van der Waals surface area contributed by atoms with E-state index >= 15 is 0 Å². The summed E-state index contributed by atoms with van der Waals surface area (Å²) >= 11 is 0. The third-order valence-electron chi connectivity index (χ3n) is 10.2. The molecule has 1 fully saturated rings. The smallest absolute Gasteiger partial charge is 0.249 e. The predicted molar refractivity (Wildman–Crippen MR) is 209 cm³/mol. The molecule has 1 heterocycles. The lowest BCUT2D eigenvalue weighted by Gasteiger charge is -2.40. The molecule has 1 aliphatic rings. The molecular formula is C42H79NO9. The number of amides is 1. The average molecular weight is 742 g/mol. The van der Waals surface area contributed by atoms with Crippen molar-refractivity contribution in [1.82, 2.24) is 5.32 Å². The van der Waals surface area contributed by atoms with E-state index in [9.17, 15) is 35.4 Å². The standard InChI is InChI=1S/C42H79NO9/c1-4-6-8-10-12-13-14-15-16-17-19-21-25-30-36(46)41(50)43-34(32-51-42-40(49)39(48)38(47)37(31-44)52-42)35(45)29-26-22-24-28-33(3)27-23-20-18-11-9-7-5-2/h26,28-29,34-40,42,44-49H,4-25,27,30-32H2,1-3H3,(H,43,50). The lowest BCUT2D eigenvalue weighted by atomic mass is 9.99. The Labute approximate surface area is 316 Å². The van der Waals surface area contributed by atoms with E-state index in [0.717, 1.165) is 32.1 Å². The van der Waals surface area contributed by atoms with Crippen molar-refractivity contribution in [3.63, 3.8) is 0 Å². The highest BCUT2D eigenvalue weighted by Gasteiger charge is 2.44. The first-order chi connectivity index (χ1) is 25.2. The summed E-state index contributed by atoms with van der Waals surface area (Å²) in [4.78, 5) is 13.0. The van der Waals surface area contributed by atoms with Gasteiger partial charge in [0.2, 0.25) is 5.91 Å². The highest BCUT2D eigenvalue weighted by Crippen LogP contribution is 2.22. The summed E-state index contributed by atoms with van der Waals surface area (Å²) in [5.74, 6) is -0.627. The fraction of sp³-hybridized carbons (Fsp3) is 0.881. The van der Waals surface area contributed by atoms with Gasteiger partial charge in [0.1, 0.15) is 30.5 Å². The Morgan fingerprint density at radius 2 is 1.25 bits per heavy atom. The largest absolute Gasteiger partial charge is 0.394 e. The number of carbonyl (C=O) groups excluding carboxylic acids is 1.